The quantitative estimate of drug-likeness (QED) is 0.896. The van der Waals surface area contributed by atoms with Crippen molar-refractivity contribution in [3.8, 4) is 0 Å². The highest BCUT2D eigenvalue weighted by Crippen LogP contribution is 2.19. The Hall–Kier alpha value is -2.13. The van der Waals surface area contributed by atoms with E-state index in [1.807, 2.05) is 44.2 Å². The molecule has 0 aliphatic heterocycles. The Labute approximate surface area is 119 Å². The van der Waals surface area contributed by atoms with Gasteiger partial charge < -0.3 is 10.4 Å². The van der Waals surface area contributed by atoms with Crippen LogP contribution in [0.15, 0.2) is 54.6 Å². The molecule has 2 aromatic rings. The fraction of sp³-hybridized carbons (Fsp3) is 0.235. The Kier molecular flexibility index (Phi) is 4.53. The van der Waals surface area contributed by atoms with Crippen LogP contribution in [-0.4, -0.2) is 11.0 Å². The molecule has 2 aromatic carbocycles. The van der Waals surface area contributed by atoms with Gasteiger partial charge in [0, 0.05) is 0 Å². The summed E-state index contributed by atoms with van der Waals surface area (Å²) in [5.41, 5.74) is 2.78. The Bertz CT molecular complexity index is 581. The first kappa shape index (κ1) is 14.3. The normalized spacial score (nSPS) is 13.6. The first-order valence-electron chi connectivity index (χ1n) is 6.68. The summed E-state index contributed by atoms with van der Waals surface area (Å²) in [4.78, 5) is 12.1. The number of carbonyl (C=O) groups excluding carboxylic acids is 1. The van der Waals surface area contributed by atoms with Gasteiger partial charge in [-0.15, -0.1) is 0 Å². The van der Waals surface area contributed by atoms with E-state index in [-0.39, 0.29) is 11.9 Å². The number of aliphatic hydroxyl groups is 1. The summed E-state index contributed by atoms with van der Waals surface area (Å²) in [6.45, 7) is 3.92. The van der Waals surface area contributed by atoms with E-state index >= 15 is 0 Å². The number of benzene rings is 2. The number of carbonyl (C=O) groups is 1. The zero-order chi connectivity index (χ0) is 14.5. The molecule has 0 aliphatic carbocycles. The molecule has 0 saturated heterocycles. The third kappa shape index (κ3) is 3.25. The van der Waals surface area contributed by atoms with Gasteiger partial charge in [0.25, 0.3) is 5.91 Å². The van der Waals surface area contributed by atoms with Crippen molar-refractivity contribution in [2.75, 3.05) is 0 Å². The SMILES string of the molecule is Cc1ccccc1C(C)NC(=O)C(O)c1ccccc1. The molecule has 3 nitrogen and oxygen atoms in total. The van der Waals surface area contributed by atoms with Gasteiger partial charge in [0.2, 0.25) is 0 Å². The number of amides is 1. The molecule has 0 fully saturated rings. The van der Waals surface area contributed by atoms with Crippen molar-refractivity contribution in [2.45, 2.75) is 26.0 Å². The maximum Gasteiger partial charge on any atom is 0.253 e. The largest absolute Gasteiger partial charge is 0.378 e. The molecular formula is C17H19NO2. The van der Waals surface area contributed by atoms with E-state index in [9.17, 15) is 9.90 Å². The number of aryl methyl sites for hydroxylation is 1. The summed E-state index contributed by atoms with van der Waals surface area (Å²) in [6, 6.07) is 16.7. The summed E-state index contributed by atoms with van der Waals surface area (Å²) in [5, 5.41) is 12.9. The van der Waals surface area contributed by atoms with Gasteiger partial charge in [-0.25, -0.2) is 0 Å². The van der Waals surface area contributed by atoms with Crippen molar-refractivity contribution >= 4 is 5.91 Å². The minimum atomic E-state index is -1.14. The van der Waals surface area contributed by atoms with E-state index < -0.39 is 6.10 Å². The van der Waals surface area contributed by atoms with Crippen LogP contribution in [0, 0.1) is 6.92 Å². The lowest BCUT2D eigenvalue weighted by Gasteiger charge is -2.19. The van der Waals surface area contributed by atoms with Gasteiger partial charge in [-0.2, -0.15) is 0 Å². The van der Waals surface area contributed by atoms with Gasteiger partial charge in [0.1, 0.15) is 0 Å². The highest BCUT2D eigenvalue weighted by molar-refractivity contribution is 5.82. The van der Waals surface area contributed by atoms with Crippen LogP contribution in [0.2, 0.25) is 0 Å². The molecule has 20 heavy (non-hydrogen) atoms. The number of aliphatic hydroxyl groups excluding tert-OH is 1. The van der Waals surface area contributed by atoms with E-state index in [0.717, 1.165) is 11.1 Å². The van der Waals surface area contributed by atoms with Crippen LogP contribution in [0.5, 0.6) is 0 Å². The van der Waals surface area contributed by atoms with E-state index in [4.69, 9.17) is 0 Å². The van der Waals surface area contributed by atoms with Crippen molar-refractivity contribution in [1.82, 2.24) is 5.32 Å². The molecule has 0 bridgehead atoms. The zero-order valence-electron chi connectivity index (χ0n) is 11.7. The van der Waals surface area contributed by atoms with Crippen LogP contribution in [0.1, 0.15) is 35.8 Å². The number of nitrogens with one attached hydrogen (secondary N) is 1. The van der Waals surface area contributed by atoms with Gasteiger partial charge in [0.05, 0.1) is 6.04 Å². The van der Waals surface area contributed by atoms with Crippen LogP contribution >= 0.6 is 0 Å². The van der Waals surface area contributed by atoms with Crippen molar-refractivity contribution < 1.29 is 9.90 Å². The first-order valence-corrected chi connectivity index (χ1v) is 6.68. The smallest absolute Gasteiger partial charge is 0.253 e. The Balaban J connectivity index is 2.07. The second-order valence-electron chi connectivity index (χ2n) is 4.90. The number of hydrogen-bond acceptors (Lipinski definition) is 2. The molecule has 2 atom stereocenters. The zero-order valence-corrected chi connectivity index (χ0v) is 11.7. The van der Waals surface area contributed by atoms with Crippen molar-refractivity contribution in [3.05, 3.63) is 71.3 Å². The maximum atomic E-state index is 12.1. The predicted octanol–water partition coefficient (Wildman–Crippen LogP) is 2.91. The molecule has 0 aromatic heterocycles. The molecule has 0 saturated carbocycles. The third-order valence-corrected chi connectivity index (χ3v) is 3.38. The molecule has 0 radical (unpaired) electrons. The number of hydrogen-bond donors (Lipinski definition) is 2. The fourth-order valence-electron chi connectivity index (χ4n) is 2.23. The predicted molar refractivity (Wildman–Crippen MR) is 79.1 cm³/mol. The fourth-order valence-corrected chi connectivity index (χ4v) is 2.23. The van der Waals surface area contributed by atoms with Crippen LogP contribution < -0.4 is 5.32 Å². The number of rotatable bonds is 4. The molecule has 104 valence electrons. The van der Waals surface area contributed by atoms with Crippen molar-refractivity contribution in [2.24, 2.45) is 0 Å². The maximum absolute atomic E-state index is 12.1. The molecule has 0 spiro atoms. The van der Waals surface area contributed by atoms with E-state index in [1.54, 1.807) is 24.3 Å². The van der Waals surface area contributed by atoms with Gasteiger partial charge in [-0.3, -0.25) is 4.79 Å². The molecule has 2 rings (SSSR count). The van der Waals surface area contributed by atoms with Gasteiger partial charge in [-0.05, 0) is 30.5 Å². The standard InChI is InChI=1S/C17H19NO2/c1-12-8-6-7-11-15(12)13(2)18-17(20)16(19)14-9-4-3-5-10-14/h3-11,13,16,19H,1-2H3,(H,18,20). The summed E-state index contributed by atoms with van der Waals surface area (Å²) < 4.78 is 0. The molecule has 0 aliphatic rings. The lowest BCUT2D eigenvalue weighted by molar-refractivity contribution is -0.130. The second-order valence-corrected chi connectivity index (χ2v) is 4.90. The molecule has 1 amide bonds. The van der Waals surface area contributed by atoms with E-state index in [0.29, 0.717) is 5.56 Å². The highest BCUT2D eigenvalue weighted by atomic mass is 16.3. The minimum Gasteiger partial charge on any atom is -0.378 e. The van der Waals surface area contributed by atoms with Crippen LogP contribution in [0.25, 0.3) is 0 Å². The lowest BCUT2D eigenvalue weighted by atomic mass is 10.0. The topological polar surface area (TPSA) is 49.3 Å². The van der Waals surface area contributed by atoms with Gasteiger partial charge in [-0.1, -0.05) is 54.6 Å². The molecule has 2 unspecified atom stereocenters. The lowest BCUT2D eigenvalue weighted by Crippen LogP contribution is -2.31. The molecule has 3 heteroatoms. The summed E-state index contributed by atoms with van der Waals surface area (Å²) in [5.74, 6) is -0.382. The third-order valence-electron chi connectivity index (χ3n) is 3.38. The van der Waals surface area contributed by atoms with Crippen LogP contribution in [-0.2, 0) is 4.79 Å². The highest BCUT2D eigenvalue weighted by Gasteiger charge is 2.19. The van der Waals surface area contributed by atoms with Crippen LogP contribution in [0.3, 0.4) is 0 Å². The van der Waals surface area contributed by atoms with Crippen molar-refractivity contribution in [1.29, 1.82) is 0 Å². The summed E-state index contributed by atoms with van der Waals surface area (Å²) >= 11 is 0. The molecule has 0 heterocycles. The summed E-state index contributed by atoms with van der Waals surface area (Å²) in [6.07, 6.45) is -1.14. The Morgan fingerprint density at radius 2 is 1.65 bits per heavy atom. The minimum absolute atomic E-state index is 0.137. The monoisotopic (exact) mass is 269 g/mol. The van der Waals surface area contributed by atoms with Gasteiger partial charge >= 0.3 is 0 Å². The van der Waals surface area contributed by atoms with Crippen molar-refractivity contribution in [3.63, 3.8) is 0 Å². The Morgan fingerprint density at radius 3 is 2.30 bits per heavy atom. The average Bonchev–Trinajstić information content (AvgIpc) is 2.47. The van der Waals surface area contributed by atoms with Gasteiger partial charge in [0.15, 0.2) is 6.10 Å². The van der Waals surface area contributed by atoms with Crippen LogP contribution in [0.4, 0.5) is 0 Å². The molecular weight excluding hydrogens is 250 g/mol. The molecule has 2 N–H and O–H groups in total. The average molecular weight is 269 g/mol. The summed E-state index contributed by atoms with van der Waals surface area (Å²) in [7, 11) is 0. The second kappa shape index (κ2) is 6.35. The van der Waals surface area contributed by atoms with E-state index in [1.165, 1.54) is 0 Å². The van der Waals surface area contributed by atoms with E-state index in [2.05, 4.69) is 5.32 Å². The first-order chi connectivity index (χ1) is 9.59. The Morgan fingerprint density at radius 1 is 1.05 bits per heavy atom.